The van der Waals surface area contributed by atoms with Crippen molar-refractivity contribution in [2.24, 2.45) is 18.9 Å². The van der Waals surface area contributed by atoms with E-state index in [2.05, 4.69) is 10.4 Å². The van der Waals surface area contributed by atoms with Gasteiger partial charge in [-0.3, -0.25) is 19.2 Å². The molecule has 3 heterocycles. The summed E-state index contributed by atoms with van der Waals surface area (Å²) < 4.78 is 58.0. The molecule has 4 unspecified atom stereocenters. The average Bonchev–Trinajstić information content (AvgIpc) is 3.80. The van der Waals surface area contributed by atoms with Crippen molar-refractivity contribution in [3.8, 4) is 0 Å². The lowest BCUT2D eigenvalue weighted by Crippen LogP contribution is -2.54. The molecule has 3 aliphatic rings. The summed E-state index contributed by atoms with van der Waals surface area (Å²) >= 11 is 0. The zero-order valence-corrected chi connectivity index (χ0v) is 27.0. The Morgan fingerprint density at radius 3 is 2.54 bits per heavy atom. The number of halogens is 4. The Labute approximate surface area is 276 Å². The highest BCUT2D eigenvalue weighted by molar-refractivity contribution is 5.99. The molecule has 0 spiro atoms. The highest BCUT2D eigenvalue weighted by Crippen LogP contribution is 2.49. The molecule has 7 rings (SSSR count). The molecule has 1 aromatic heterocycles. The van der Waals surface area contributed by atoms with E-state index in [9.17, 15) is 22.8 Å². The second kappa shape index (κ2) is 12.7. The van der Waals surface area contributed by atoms with Crippen LogP contribution in [-0.2, 0) is 18.4 Å². The molecule has 11 heteroatoms. The van der Waals surface area contributed by atoms with E-state index in [-0.39, 0.29) is 36.4 Å². The van der Waals surface area contributed by atoms with Crippen LogP contribution in [0.2, 0.25) is 0 Å². The van der Waals surface area contributed by atoms with Gasteiger partial charge in [-0.05, 0) is 92.4 Å². The minimum absolute atomic E-state index is 0.0000772. The van der Waals surface area contributed by atoms with Crippen molar-refractivity contribution in [3.05, 3.63) is 94.9 Å². The van der Waals surface area contributed by atoms with Crippen molar-refractivity contribution in [1.29, 1.82) is 0 Å². The van der Waals surface area contributed by atoms with Crippen molar-refractivity contribution in [3.63, 3.8) is 0 Å². The van der Waals surface area contributed by atoms with E-state index in [1.807, 2.05) is 37.4 Å². The van der Waals surface area contributed by atoms with Crippen LogP contribution in [0.25, 0.3) is 10.9 Å². The predicted molar refractivity (Wildman–Crippen MR) is 175 cm³/mol. The fraction of sp³-hybridized carbons (Fsp3) is 0.432. The van der Waals surface area contributed by atoms with Crippen LogP contribution in [0.1, 0.15) is 71.6 Å². The molecule has 7 nitrogen and oxygen atoms in total. The minimum Gasteiger partial charge on any atom is -0.327 e. The standard InChI is InChI=1S/C37H39F4N5O2/c1-22-6-3-8-29(38)33(22)36(48)46-31-9-4-7-25(31)19-28(35(47)43-27-15-16-30-26(18-27)20-42-44(30)2)34(46)24-13-11-23(12-14-24)21-45-17-5-10-32(45)37(39,40)41/h3,6,8,11-16,18,20,25,28,31-32,34H,4-5,7,9-10,17,19,21H2,1-2H3,(H,43,47)/t25?,28?,31?,32-,34?/m1/s1. The SMILES string of the molecule is Cc1cccc(F)c1C(=O)N1C2CCCC2CC(C(=O)Nc2ccc3c(cnn3C)c2)C1c1ccc(CN2CCC[C@@H]2C(F)(F)F)cc1. The molecule has 1 N–H and O–H groups in total. The molecule has 2 aliphatic heterocycles. The number of anilines is 1. The third-order valence-corrected chi connectivity index (χ3v) is 10.7. The van der Waals surface area contributed by atoms with Crippen molar-refractivity contribution >= 4 is 28.4 Å². The van der Waals surface area contributed by atoms with Crippen molar-refractivity contribution < 1.29 is 27.2 Å². The van der Waals surface area contributed by atoms with Crippen molar-refractivity contribution in [1.82, 2.24) is 19.6 Å². The first-order chi connectivity index (χ1) is 23.0. The van der Waals surface area contributed by atoms with Crippen LogP contribution in [-0.4, -0.2) is 56.2 Å². The maximum absolute atomic E-state index is 15.3. The molecular formula is C37H39F4N5O2. The first-order valence-corrected chi connectivity index (χ1v) is 16.7. The number of nitrogens with zero attached hydrogens (tertiary/aromatic N) is 4. The van der Waals surface area contributed by atoms with Crippen molar-refractivity contribution in [2.75, 3.05) is 11.9 Å². The third-order valence-electron chi connectivity index (χ3n) is 10.7. The number of hydrogen-bond donors (Lipinski definition) is 1. The number of nitrogens with one attached hydrogen (secondary N) is 1. The van der Waals surface area contributed by atoms with Crippen LogP contribution in [0.4, 0.5) is 23.2 Å². The molecule has 48 heavy (non-hydrogen) atoms. The van der Waals surface area contributed by atoms with E-state index < -0.39 is 35.9 Å². The lowest BCUT2D eigenvalue weighted by Gasteiger charge is -2.48. The number of aromatic nitrogens is 2. The molecule has 2 saturated heterocycles. The van der Waals surface area contributed by atoms with Gasteiger partial charge in [0, 0.05) is 30.7 Å². The third kappa shape index (κ3) is 5.97. The number of hydrogen-bond acceptors (Lipinski definition) is 4. The second-order valence-electron chi connectivity index (χ2n) is 13.6. The monoisotopic (exact) mass is 661 g/mol. The number of amides is 2. The first-order valence-electron chi connectivity index (χ1n) is 16.7. The highest BCUT2D eigenvalue weighted by Gasteiger charge is 2.50. The van der Waals surface area contributed by atoms with Gasteiger partial charge < -0.3 is 10.2 Å². The Morgan fingerprint density at radius 1 is 1.00 bits per heavy atom. The first kappa shape index (κ1) is 32.3. The van der Waals surface area contributed by atoms with Gasteiger partial charge in [-0.1, -0.05) is 42.8 Å². The summed E-state index contributed by atoms with van der Waals surface area (Å²) in [5.41, 5.74) is 3.46. The fourth-order valence-electron chi connectivity index (χ4n) is 8.38. The van der Waals surface area contributed by atoms with E-state index >= 15 is 4.39 Å². The Morgan fingerprint density at radius 2 is 1.79 bits per heavy atom. The molecule has 1 saturated carbocycles. The van der Waals surface area contributed by atoms with Gasteiger partial charge in [-0.15, -0.1) is 0 Å². The Kier molecular flexibility index (Phi) is 8.51. The fourth-order valence-corrected chi connectivity index (χ4v) is 8.38. The number of fused-ring (bicyclic) bond motifs is 2. The Balaban J connectivity index is 1.25. The van der Waals surface area contributed by atoms with E-state index in [1.54, 1.807) is 47.0 Å². The number of piperidine rings is 1. The Hall–Kier alpha value is -4.25. The van der Waals surface area contributed by atoms with Crippen LogP contribution >= 0.6 is 0 Å². The second-order valence-corrected chi connectivity index (χ2v) is 13.6. The van der Waals surface area contributed by atoms with Crippen LogP contribution in [0.5, 0.6) is 0 Å². The topological polar surface area (TPSA) is 70.5 Å². The van der Waals surface area contributed by atoms with Gasteiger partial charge in [0.1, 0.15) is 11.9 Å². The summed E-state index contributed by atoms with van der Waals surface area (Å²) in [7, 11) is 1.85. The molecule has 4 aromatic rings. The van der Waals surface area contributed by atoms with Gasteiger partial charge >= 0.3 is 6.18 Å². The molecule has 1 aliphatic carbocycles. The quantitative estimate of drug-likeness (QED) is 0.217. The van der Waals surface area contributed by atoms with Gasteiger partial charge in [0.05, 0.1) is 29.2 Å². The number of alkyl halides is 3. The normalized spacial score (nSPS) is 24.6. The zero-order chi connectivity index (χ0) is 33.7. The van der Waals surface area contributed by atoms with Crippen LogP contribution in [0.3, 0.4) is 0 Å². The van der Waals surface area contributed by atoms with E-state index in [0.29, 0.717) is 36.2 Å². The van der Waals surface area contributed by atoms with Crippen LogP contribution < -0.4 is 5.32 Å². The van der Waals surface area contributed by atoms with Gasteiger partial charge in [0.15, 0.2) is 0 Å². The molecule has 2 amide bonds. The average molecular weight is 662 g/mol. The maximum Gasteiger partial charge on any atom is 0.404 e. The smallest absolute Gasteiger partial charge is 0.327 e. The largest absolute Gasteiger partial charge is 0.404 e. The molecule has 3 aromatic carbocycles. The van der Waals surface area contributed by atoms with Gasteiger partial charge in [-0.2, -0.15) is 18.3 Å². The molecule has 0 radical (unpaired) electrons. The summed E-state index contributed by atoms with van der Waals surface area (Å²) in [6.07, 6.45) is 1.07. The summed E-state index contributed by atoms with van der Waals surface area (Å²) in [6.45, 7) is 2.23. The van der Waals surface area contributed by atoms with Crippen molar-refractivity contribution in [2.45, 2.75) is 76.3 Å². The summed E-state index contributed by atoms with van der Waals surface area (Å²) in [4.78, 5) is 32.0. The van der Waals surface area contributed by atoms with E-state index in [0.717, 1.165) is 35.7 Å². The lowest BCUT2D eigenvalue weighted by atomic mass is 9.76. The summed E-state index contributed by atoms with van der Waals surface area (Å²) in [6, 6.07) is 15.0. The molecule has 252 valence electrons. The molecular weight excluding hydrogens is 622 g/mol. The predicted octanol–water partition coefficient (Wildman–Crippen LogP) is 7.56. The molecule has 3 fully saturated rings. The number of rotatable bonds is 6. The maximum atomic E-state index is 15.3. The van der Waals surface area contributed by atoms with E-state index in [4.69, 9.17) is 0 Å². The van der Waals surface area contributed by atoms with Gasteiger partial charge in [0.2, 0.25) is 5.91 Å². The van der Waals surface area contributed by atoms with Crippen LogP contribution in [0.15, 0.2) is 66.9 Å². The number of likely N-dealkylation sites (tertiary alicyclic amines) is 2. The lowest BCUT2D eigenvalue weighted by molar-refractivity contribution is -0.177. The molecule has 5 atom stereocenters. The summed E-state index contributed by atoms with van der Waals surface area (Å²) in [5.74, 6) is -1.88. The number of carbonyl (C=O) groups excluding carboxylic acids is 2. The summed E-state index contributed by atoms with van der Waals surface area (Å²) in [5, 5.41) is 8.26. The van der Waals surface area contributed by atoms with Gasteiger partial charge in [-0.25, -0.2) is 4.39 Å². The minimum atomic E-state index is -4.29. The Bertz CT molecular complexity index is 1820. The van der Waals surface area contributed by atoms with E-state index in [1.165, 1.54) is 11.0 Å². The van der Waals surface area contributed by atoms with Crippen LogP contribution in [0, 0.1) is 24.6 Å². The highest BCUT2D eigenvalue weighted by atomic mass is 19.4. The number of carbonyl (C=O) groups is 2. The number of aryl methyl sites for hydroxylation is 2. The molecule has 0 bridgehead atoms. The zero-order valence-electron chi connectivity index (χ0n) is 27.0. The number of benzene rings is 3. The van der Waals surface area contributed by atoms with Gasteiger partial charge in [0.25, 0.3) is 5.91 Å².